The molecular formula is C23H19N3O2. The lowest BCUT2D eigenvalue weighted by atomic mass is 10.0. The Hall–Kier alpha value is -3.78. The largest absolute Gasteiger partial charge is 0.492 e. The van der Waals surface area contributed by atoms with Gasteiger partial charge in [0.2, 0.25) is 17.5 Å². The fraction of sp³-hybridized carbons (Fsp3) is 0.130. The summed E-state index contributed by atoms with van der Waals surface area (Å²) in [5.41, 5.74) is 1.37. The number of rotatable bonds is 7. The molecular weight excluding hydrogens is 350 g/mol. The summed E-state index contributed by atoms with van der Waals surface area (Å²) in [6, 6.07) is 26.0. The van der Waals surface area contributed by atoms with Gasteiger partial charge in [0, 0.05) is 0 Å². The van der Waals surface area contributed by atoms with Crippen molar-refractivity contribution in [1.82, 2.24) is 4.98 Å². The van der Waals surface area contributed by atoms with E-state index >= 15 is 0 Å². The summed E-state index contributed by atoms with van der Waals surface area (Å²) in [4.78, 5) is 4.34. The van der Waals surface area contributed by atoms with Crippen LogP contribution in [0.1, 0.15) is 17.1 Å². The van der Waals surface area contributed by atoms with Crippen molar-refractivity contribution in [3.63, 3.8) is 0 Å². The van der Waals surface area contributed by atoms with Gasteiger partial charge in [-0.2, -0.15) is 5.26 Å². The van der Waals surface area contributed by atoms with Crippen molar-refractivity contribution >= 4 is 16.7 Å². The number of ether oxygens (including phenoxy) is 1. The molecule has 0 fully saturated rings. The molecule has 0 bridgehead atoms. The van der Waals surface area contributed by atoms with Crippen LogP contribution in [0.3, 0.4) is 0 Å². The summed E-state index contributed by atoms with van der Waals surface area (Å²) in [5, 5.41) is 14.8. The Morgan fingerprint density at radius 2 is 1.75 bits per heavy atom. The molecule has 0 spiro atoms. The van der Waals surface area contributed by atoms with Crippen LogP contribution < -0.4 is 10.1 Å². The highest BCUT2D eigenvalue weighted by Crippen LogP contribution is 2.23. The summed E-state index contributed by atoms with van der Waals surface area (Å²) in [7, 11) is 0. The fourth-order valence-corrected chi connectivity index (χ4v) is 3.10. The fourth-order valence-electron chi connectivity index (χ4n) is 3.10. The van der Waals surface area contributed by atoms with Crippen LogP contribution in [0.5, 0.6) is 5.75 Å². The number of nitriles is 1. The van der Waals surface area contributed by atoms with Gasteiger partial charge < -0.3 is 14.5 Å². The minimum absolute atomic E-state index is 0.259. The molecule has 1 heterocycles. The lowest BCUT2D eigenvalue weighted by Crippen LogP contribution is -2.11. The Bertz CT molecular complexity index is 1110. The number of hydrogen-bond donors (Lipinski definition) is 1. The van der Waals surface area contributed by atoms with Gasteiger partial charge in [-0.1, -0.05) is 60.7 Å². The van der Waals surface area contributed by atoms with Crippen LogP contribution in [0, 0.1) is 11.3 Å². The van der Waals surface area contributed by atoms with Crippen LogP contribution in [-0.4, -0.2) is 18.1 Å². The monoisotopic (exact) mass is 369 g/mol. The third kappa shape index (κ3) is 3.97. The Kier molecular flexibility index (Phi) is 5.21. The van der Waals surface area contributed by atoms with Crippen molar-refractivity contribution in [3.05, 3.63) is 89.9 Å². The van der Waals surface area contributed by atoms with E-state index in [-0.39, 0.29) is 5.69 Å². The second-order valence-corrected chi connectivity index (χ2v) is 6.30. The summed E-state index contributed by atoms with van der Waals surface area (Å²) in [6.45, 7) is 0.959. The van der Waals surface area contributed by atoms with Crippen molar-refractivity contribution in [2.24, 2.45) is 0 Å². The number of hydrogen-bond acceptors (Lipinski definition) is 5. The molecule has 138 valence electrons. The van der Waals surface area contributed by atoms with Crippen LogP contribution in [-0.2, 0) is 6.42 Å². The Morgan fingerprint density at radius 3 is 2.61 bits per heavy atom. The average molecular weight is 369 g/mol. The summed E-state index contributed by atoms with van der Waals surface area (Å²) >= 11 is 0. The smallest absolute Gasteiger partial charge is 0.232 e. The van der Waals surface area contributed by atoms with Gasteiger partial charge in [-0.3, -0.25) is 0 Å². The highest BCUT2D eigenvalue weighted by atomic mass is 16.5. The molecule has 28 heavy (non-hydrogen) atoms. The first kappa shape index (κ1) is 17.6. The molecule has 0 atom stereocenters. The number of oxazole rings is 1. The van der Waals surface area contributed by atoms with E-state index in [9.17, 15) is 5.26 Å². The van der Waals surface area contributed by atoms with Crippen molar-refractivity contribution in [3.8, 4) is 11.8 Å². The van der Waals surface area contributed by atoms with E-state index in [0.29, 0.717) is 31.3 Å². The first-order chi connectivity index (χ1) is 13.8. The van der Waals surface area contributed by atoms with Crippen molar-refractivity contribution in [2.45, 2.75) is 6.42 Å². The maximum atomic E-state index is 9.36. The van der Waals surface area contributed by atoms with Crippen molar-refractivity contribution < 1.29 is 9.15 Å². The normalized spacial score (nSPS) is 10.5. The summed E-state index contributed by atoms with van der Waals surface area (Å²) < 4.78 is 11.5. The van der Waals surface area contributed by atoms with Crippen molar-refractivity contribution in [2.75, 3.05) is 18.5 Å². The van der Waals surface area contributed by atoms with Crippen LogP contribution >= 0.6 is 0 Å². The first-order valence-corrected chi connectivity index (χ1v) is 9.11. The SMILES string of the molecule is N#Cc1nc(Cc2cccc3ccccc23)oc1NCCOc1ccccc1. The highest BCUT2D eigenvalue weighted by molar-refractivity contribution is 5.85. The Balaban J connectivity index is 1.43. The molecule has 4 rings (SSSR count). The molecule has 5 nitrogen and oxygen atoms in total. The molecule has 5 heteroatoms. The van der Waals surface area contributed by atoms with E-state index in [4.69, 9.17) is 9.15 Å². The van der Waals surface area contributed by atoms with E-state index in [2.05, 4.69) is 40.6 Å². The Morgan fingerprint density at radius 1 is 0.964 bits per heavy atom. The molecule has 0 amide bonds. The molecule has 0 saturated heterocycles. The number of anilines is 1. The van der Waals surface area contributed by atoms with Gasteiger partial charge in [0.05, 0.1) is 13.0 Å². The Labute approximate surface area is 163 Å². The summed E-state index contributed by atoms with van der Waals surface area (Å²) in [5.74, 6) is 1.70. The number of nitrogens with zero attached hydrogens (tertiary/aromatic N) is 2. The maximum absolute atomic E-state index is 9.36. The predicted molar refractivity (Wildman–Crippen MR) is 108 cm³/mol. The predicted octanol–water partition coefficient (Wildman–Crippen LogP) is 4.78. The van der Waals surface area contributed by atoms with Crippen LogP contribution in [0.2, 0.25) is 0 Å². The van der Waals surface area contributed by atoms with Gasteiger partial charge in [0.25, 0.3) is 0 Å². The quantitative estimate of drug-likeness (QED) is 0.475. The number of aromatic nitrogens is 1. The van der Waals surface area contributed by atoms with E-state index in [0.717, 1.165) is 16.7 Å². The zero-order valence-corrected chi connectivity index (χ0v) is 15.3. The molecule has 1 N–H and O–H groups in total. The maximum Gasteiger partial charge on any atom is 0.232 e. The molecule has 4 aromatic rings. The molecule has 0 aliphatic rings. The molecule has 0 aliphatic carbocycles. The molecule has 0 radical (unpaired) electrons. The minimum atomic E-state index is 0.259. The van der Waals surface area contributed by atoms with E-state index in [1.807, 2.05) is 48.5 Å². The number of fused-ring (bicyclic) bond motifs is 1. The molecule has 3 aromatic carbocycles. The molecule has 0 unspecified atom stereocenters. The number of benzene rings is 3. The zero-order chi connectivity index (χ0) is 19.2. The van der Waals surface area contributed by atoms with Crippen LogP contribution in [0.15, 0.2) is 77.2 Å². The topological polar surface area (TPSA) is 71.1 Å². The van der Waals surface area contributed by atoms with E-state index in [1.165, 1.54) is 5.39 Å². The van der Waals surface area contributed by atoms with Crippen LogP contribution in [0.25, 0.3) is 10.8 Å². The van der Waals surface area contributed by atoms with Crippen LogP contribution in [0.4, 0.5) is 5.88 Å². The standard InChI is InChI=1S/C23H19N3O2/c24-16-21-23(25-13-14-27-19-10-2-1-3-11-19)28-22(26-21)15-18-9-6-8-17-7-4-5-12-20(17)18/h1-12,25H,13-15H2. The first-order valence-electron chi connectivity index (χ1n) is 9.11. The average Bonchev–Trinajstić information content (AvgIpc) is 3.14. The number of nitrogens with one attached hydrogen (secondary N) is 1. The summed E-state index contributed by atoms with van der Waals surface area (Å²) in [6.07, 6.45) is 0.526. The van der Waals surface area contributed by atoms with E-state index < -0.39 is 0 Å². The second kappa shape index (κ2) is 8.28. The van der Waals surface area contributed by atoms with Gasteiger partial charge in [0.1, 0.15) is 18.4 Å². The lowest BCUT2D eigenvalue weighted by molar-refractivity contribution is 0.331. The van der Waals surface area contributed by atoms with Gasteiger partial charge in [0.15, 0.2) is 0 Å². The van der Waals surface area contributed by atoms with E-state index in [1.54, 1.807) is 0 Å². The molecule has 0 saturated carbocycles. The highest BCUT2D eigenvalue weighted by Gasteiger charge is 2.14. The molecule has 0 aliphatic heterocycles. The second-order valence-electron chi connectivity index (χ2n) is 6.30. The number of para-hydroxylation sites is 1. The zero-order valence-electron chi connectivity index (χ0n) is 15.3. The lowest BCUT2D eigenvalue weighted by Gasteiger charge is -2.06. The van der Waals surface area contributed by atoms with Gasteiger partial charge in [-0.25, -0.2) is 4.98 Å². The van der Waals surface area contributed by atoms with Crippen molar-refractivity contribution in [1.29, 1.82) is 5.26 Å². The van der Waals surface area contributed by atoms with Gasteiger partial charge >= 0.3 is 0 Å². The van der Waals surface area contributed by atoms with Gasteiger partial charge in [-0.05, 0) is 28.5 Å². The molecule has 1 aromatic heterocycles. The third-order valence-corrected chi connectivity index (χ3v) is 4.40. The minimum Gasteiger partial charge on any atom is -0.492 e. The third-order valence-electron chi connectivity index (χ3n) is 4.40. The van der Waals surface area contributed by atoms with Gasteiger partial charge in [-0.15, -0.1) is 0 Å².